The van der Waals surface area contributed by atoms with Crippen molar-refractivity contribution in [2.75, 3.05) is 18.0 Å². The maximum Gasteiger partial charge on any atom is 0.298 e. The van der Waals surface area contributed by atoms with Gasteiger partial charge in [0.1, 0.15) is 23.7 Å². The van der Waals surface area contributed by atoms with E-state index in [1.54, 1.807) is 18.2 Å². The number of nitrogens with zero attached hydrogens (tertiary/aromatic N) is 2. The highest BCUT2D eigenvalue weighted by atomic mass is 19.1. The van der Waals surface area contributed by atoms with Gasteiger partial charge in [-0.3, -0.25) is 0 Å². The summed E-state index contributed by atoms with van der Waals surface area (Å²) in [4.78, 5) is 6.68. The normalized spacial score (nSPS) is 11.0. The highest BCUT2D eigenvalue weighted by molar-refractivity contribution is 5.74. The van der Waals surface area contributed by atoms with E-state index < -0.39 is 0 Å². The fourth-order valence-corrected chi connectivity index (χ4v) is 3.27. The van der Waals surface area contributed by atoms with Gasteiger partial charge in [-0.2, -0.15) is 4.98 Å². The van der Waals surface area contributed by atoms with E-state index >= 15 is 0 Å². The molecule has 0 unspecified atom stereocenters. The summed E-state index contributed by atoms with van der Waals surface area (Å²) in [5.74, 6) is 0.431. The third-order valence-corrected chi connectivity index (χ3v) is 4.86. The summed E-state index contributed by atoms with van der Waals surface area (Å²) in [5, 5.41) is 0. The topological polar surface area (TPSA) is 64.5 Å². The zero-order valence-corrected chi connectivity index (χ0v) is 16.6. The van der Waals surface area contributed by atoms with Gasteiger partial charge in [0, 0.05) is 17.7 Å². The van der Waals surface area contributed by atoms with Crippen LogP contribution in [0.25, 0.3) is 11.1 Å². The molecular weight excluding hydrogens is 381 g/mol. The number of hydrogen-bond donors (Lipinski definition) is 1. The second kappa shape index (κ2) is 9.41. The number of fused-ring (bicyclic) bond motifs is 1. The van der Waals surface area contributed by atoms with Crippen molar-refractivity contribution in [3.05, 3.63) is 89.7 Å². The van der Waals surface area contributed by atoms with Gasteiger partial charge < -0.3 is 19.8 Å². The van der Waals surface area contributed by atoms with Gasteiger partial charge in [0.2, 0.25) is 0 Å². The predicted octanol–water partition coefficient (Wildman–Crippen LogP) is 4.90. The molecule has 30 heavy (non-hydrogen) atoms. The molecule has 4 rings (SSSR count). The van der Waals surface area contributed by atoms with Crippen LogP contribution in [0.3, 0.4) is 0 Å². The number of rotatable bonds is 9. The van der Waals surface area contributed by atoms with E-state index in [1.165, 1.54) is 6.07 Å². The van der Waals surface area contributed by atoms with Crippen molar-refractivity contribution in [2.45, 2.75) is 19.6 Å². The summed E-state index contributed by atoms with van der Waals surface area (Å²) >= 11 is 0. The molecule has 0 saturated carbocycles. The lowest BCUT2D eigenvalue weighted by Gasteiger charge is -2.22. The van der Waals surface area contributed by atoms with E-state index in [4.69, 9.17) is 14.9 Å². The lowest BCUT2D eigenvalue weighted by atomic mass is 10.1. The van der Waals surface area contributed by atoms with E-state index in [9.17, 15) is 4.39 Å². The molecule has 0 aliphatic carbocycles. The Hall–Kier alpha value is -3.38. The Kier molecular flexibility index (Phi) is 6.25. The molecule has 154 valence electrons. The third kappa shape index (κ3) is 4.60. The highest BCUT2D eigenvalue weighted by Gasteiger charge is 2.16. The van der Waals surface area contributed by atoms with Crippen molar-refractivity contribution < 1.29 is 13.5 Å². The van der Waals surface area contributed by atoms with Crippen LogP contribution < -0.4 is 15.4 Å². The van der Waals surface area contributed by atoms with E-state index in [-0.39, 0.29) is 12.4 Å². The van der Waals surface area contributed by atoms with Gasteiger partial charge in [0.25, 0.3) is 6.01 Å². The summed E-state index contributed by atoms with van der Waals surface area (Å²) < 4.78 is 25.9. The van der Waals surface area contributed by atoms with Crippen LogP contribution in [0.1, 0.15) is 17.5 Å². The van der Waals surface area contributed by atoms with Gasteiger partial charge in [0.15, 0.2) is 5.58 Å². The summed E-state index contributed by atoms with van der Waals surface area (Å²) in [6.07, 6.45) is 0.803. The van der Waals surface area contributed by atoms with Crippen LogP contribution in [-0.2, 0) is 13.2 Å². The zero-order valence-electron chi connectivity index (χ0n) is 16.6. The Balaban J connectivity index is 1.56. The Morgan fingerprint density at radius 1 is 0.933 bits per heavy atom. The predicted molar refractivity (Wildman–Crippen MR) is 116 cm³/mol. The van der Waals surface area contributed by atoms with Gasteiger partial charge in [-0.25, -0.2) is 4.39 Å². The van der Waals surface area contributed by atoms with Crippen molar-refractivity contribution in [3.63, 3.8) is 0 Å². The second-order valence-corrected chi connectivity index (χ2v) is 7.02. The lowest BCUT2D eigenvalue weighted by molar-refractivity contribution is 0.296. The molecule has 0 bridgehead atoms. The fourth-order valence-electron chi connectivity index (χ4n) is 3.27. The van der Waals surface area contributed by atoms with Crippen molar-refractivity contribution in [3.8, 4) is 5.75 Å². The second-order valence-electron chi connectivity index (χ2n) is 7.02. The molecule has 4 aromatic rings. The SMILES string of the molecule is NCCCN(Cc1ccccc1OCc1ccccc1F)c1nc2ccccc2o1. The van der Waals surface area contributed by atoms with E-state index in [1.807, 2.05) is 48.5 Å². The van der Waals surface area contributed by atoms with Gasteiger partial charge in [0.05, 0.1) is 6.54 Å². The Bertz CT molecular complexity index is 1080. The molecule has 0 aliphatic rings. The van der Waals surface area contributed by atoms with Crippen LogP contribution in [-0.4, -0.2) is 18.1 Å². The molecule has 0 saturated heterocycles. The summed E-state index contributed by atoms with van der Waals surface area (Å²) in [5.41, 5.74) is 8.79. The monoisotopic (exact) mass is 405 g/mol. The standard InChI is InChI=1S/C24H24FN3O2/c25-20-10-3-1-9-19(20)17-29-22-12-5-2-8-18(22)16-28(15-7-14-26)24-27-21-11-4-6-13-23(21)30-24/h1-6,8-13H,7,14-17,26H2. The van der Waals surface area contributed by atoms with Gasteiger partial charge in [-0.05, 0) is 37.2 Å². The summed E-state index contributed by atoms with van der Waals surface area (Å²) in [6.45, 7) is 1.97. The molecule has 0 radical (unpaired) electrons. The van der Waals surface area contributed by atoms with Crippen molar-refractivity contribution in [1.82, 2.24) is 4.98 Å². The molecule has 1 aromatic heterocycles. The number of ether oxygens (including phenoxy) is 1. The summed E-state index contributed by atoms with van der Waals surface area (Å²) in [6, 6.07) is 22.6. The average Bonchev–Trinajstić information content (AvgIpc) is 3.21. The maximum absolute atomic E-state index is 13.9. The quantitative estimate of drug-likeness (QED) is 0.429. The van der Waals surface area contributed by atoms with E-state index in [0.29, 0.717) is 37.0 Å². The number of benzene rings is 3. The molecule has 3 aromatic carbocycles. The van der Waals surface area contributed by atoms with Crippen LogP contribution >= 0.6 is 0 Å². The third-order valence-electron chi connectivity index (χ3n) is 4.86. The molecule has 0 aliphatic heterocycles. The summed E-state index contributed by atoms with van der Waals surface area (Å²) in [7, 11) is 0. The first-order valence-corrected chi connectivity index (χ1v) is 9.99. The van der Waals surface area contributed by atoms with Crippen LogP contribution in [0.2, 0.25) is 0 Å². The number of hydrogen-bond acceptors (Lipinski definition) is 5. The molecule has 0 fully saturated rings. The minimum absolute atomic E-state index is 0.162. The molecule has 0 atom stereocenters. The minimum atomic E-state index is -0.272. The minimum Gasteiger partial charge on any atom is -0.488 e. The Morgan fingerprint density at radius 3 is 2.47 bits per heavy atom. The van der Waals surface area contributed by atoms with E-state index in [2.05, 4.69) is 9.88 Å². The van der Waals surface area contributed by atoms with Gasteiger partial charge in [-0.15, -0.1) is 0 Å². The number of oxazole rings is 1. The molecule has 2 N–H and O–H groups in total. The Morgan fingerprint density at radius 2 is 1.67 bits per heavy atom. The number of anilines is 1. The largest absolute Gasteiger partial charge is 0.488 e. The lowest BCUT2D eigenvalue weighted by Crippen LogP contribution is -2.26. The highest BCUT2D eigenvalue weighted by Crippen LogP contribution is 2.27. The number of nitrogens with two attached hydrogens (primary N) is 1. The van der Waals surface area contributed by atoms with Gasteiger partial charge in [-0.1, -0.05) is 48.5 Å². The first-order chi connectivity index (χ1) is 14.7. The maximum atomic E-state index is 13.9. The fraction of sp³-hybridized carbons (Fsp3) is 0.208. The number of aromatic nitrogens is 1. The molecule has 5 nitrogen and oxygen atoms in total. The Labute approximate surface area is 174 Å². The van der Waals surface area contributed by atoms with E-state index in [0.717, 1.165) is 23.1 Å². The van der Waals surface area contributed by atoms with Crippen molar-refractivity contribution in [2.24, 2.45) is 5.73 Å². The molecular formula is C24H24FN3O2. The van der Waals surface area contributed by atoms with Crippen LogP contribution in [0.5, 0.6) is 5.75 Å². The number of halogens is 1. The zero-order chi connectivity index (χ0) is 20.8. The van der Waals surface area contributed by atoms with Crippen LogP contribution in [0, 0.1) is 5.82 Å². The smallest absolute Gasteiger partial charge is 0.298 e. The van der Waals surface area contributed by atoms with Gasteiger partial charge >= 0.3 is 0 Å². The van der Waals surface area contributed by atoms with Crippen molar-refractivity contribution >= 4 is 17.1 Å². The van der Waals surface area contributed by atoms with Crippen LogP contribution in [0.4, 0.5) is 10.4 Å². The molecule has 1 heterocycles. The first kappa shape index (κ1) is 19.9. The average molecular weight is 405 g/mol. The first-order valence-electron chi connectivity index (χ1n) is 9.99. The molecule has 0 spiro atoms. The van der Waals surface area contributed by atoms with Crippen LogP contribution in [0.15, 0.2) is 77.2 Å². The molecule has 6 heteroatoms. The molecule has 0 amide bonds. The van der Waals surface area contributed by atoms with Crippen molar-refractivity contribution in [1.29, 1.82) is 0 Å². The number of para-hydroxylation sites is 3.